The van der Waals surface area contributed by atoms with E-state index in [1.165, 1.54) is 12.5 Å². The van der Waals surface area contributed by atoms with Crippen LogP contribution >= 0.6 is 11.3 Å². The number of nitrogens with one attached hydrogen (secondary N) is 1. The van der Waals surface area contributed by atoms with Gasteiger partial charge in [0, 0.05) is 12.6 Å². The highest BCUT2D eigenvalue weighted by Crippen LogP contribution is 2.24. The Kier molecular flexibility index (Phi) is 3.28. The third-order valence-corrected chi connectivity index (χ3v) is 4.44. The van der Waals surface area contributed by atoms with E-state index in [2.05, 4.69) is 22.2 Å². The lowest BCUT2D eigenvalue weighted by molar-refractivity contribution is 0.249. The van der Waals surface area contributed by atoms with Crippen LogP contribution in [0, 0.1) is 5.82 Å². The summed E-state index contributed by atoms with van der Waals surface area (Å²) in [5.74, 6) is -0.189. The molecule has 1 aromatic heterocycles. The molecular formula is C13H16FN3S. The fourth-order valence-corrected chi connectivity index (χ4v) is 3.43. The van der Waals surface area contributed by atoms with Crippen molar-refractivity contribution in [1.29, 1.82) is 0 Å². The predicted molar refractivity (Wildman–Crippen MR) is 72.3 cm³/mol. The summed E-state index contributed by atoms with van der Waals surface area (Å²) in [5.41, 5.74) is 0.898. The molecule has 0 saturated carbocycles. The molecule has 5 heteroatoms. The third kappa shape index (κ3) is 2.39. The summed E-state index contributed by atoms with van der Waals surface area (Å²) >= 11 is 1.59. The summed E-state index contributed by atoms with van der Waals surface area (Å²) in [6, 6.07) is 5.38. The quantitative estimate of drug-likeness (QED) is 0.922. The van der Waals surface area contributed by atoms with E-state index in [0.29, 0.717) is 6.04 Å². The van der Waals surface area contributed by atoms with Crippen molar-refractivity contribution in [3.8, 4) is 0 Å². The first-order chi connectivity index (χ1) is 8.72. The van der Waals surface area contributed by atoms with Crippen molar-refractivity contribution in [2.75, 3.05) is 20.1 Å². The minimum Gasteiger partial charge on any atom is -0.315 e. The zero-order chi connectivity index (χ0) is 12.5. The van der Waals surface area contributed by atoms with E-state index >= 15 is 0 Å². The first kappa shape index (κ1) is 12.0. The van der Waals surface area contributed by atoms with E-state index in [1.807, 2.05) is 0 Å². The van der Waals surface area contributed by atoms with Crippen molar-refractivity contribution in [2.24, 2.45) is 0 Å². The van der Waals surface area contributed by atoms with Crippen molar-refractivity contribution in [3.05, 3.63) is 29.0 Å². The van der Waals surface area contributed by atoms with Gasteiger partial charge in [0.1, 0.15) is 10.8 Å². The number of halogens is 1. The monoisotopic (exact) mass is 265 g/mol. The molecule has 3 nitrogen and oxygen atoms in total. The molecule has 0 amide bonds. The van der Waals surface area contributed by atoms with Crippen LogP contribution in [0.15, 0.2) is 18.2 Å². The molecular weight excluding hydrogens is 249 g/mol. The van der Waals surface area contributed by atoms with Crippen LogP contribution in [0.4, 0.5) is 4.39 Å². The summed E-state index contributed by atoms with van der Waals surface area (Å²) in [4.78, 5) is 6.88. The Hall–Kier alpha value is -1.04. The summed E-state index contributed by atoms with van der Waals surface area (Å²) in [7, 11) is 2.13. The molecule has 0 bridgehead atoms. The second-order valence-corrected chi connectivity index (χ2v) is 5.90. The summed E-state index contributed by atoms with van der Waals surface area (Å²) in [5, 5.41) is 4.42. The molecule has 3 rings (SSSR count). The maximum atomic E-state index is 13.1. The van der Waals surface area contributed by atoms with E-state index in [-0.39, 0.29) is 5.82 Å². The highest BCUT2D eigenvalue weighted by Gasteiger charge is 2.20. The number of benzene rings is 1. The van der Waals surface area contributed by atoms with Crippen molar-refractivity contribution in [3.63, 3.8) is 0 Å². The van der Waals surface area contributed by atoms with E-state index in [9.17, 15) is 4.39 Å². The molecule has 1 aromatic carbocycles. The average Bonchev–Trinajstić information content (AvgIpc) is 2.95. The van der Waals surface area contributed by atoms with Gasteiger partial charge in [-0.2, -0.15) is 0 Å². The number of hydrogen-bond acceptors (Lipinski definition) is 4. The number of nitrogens with zero attached hydrogens (tertiary/aromatic N) is 2. The van der Waals surface area contributed by atoms with Gasteiger partial charge in [-0.1, -0.05) is 0 Å². The fraction of sp³-hybridized carbons (Fsp3) is 0.462. The predicted octanol–water partition coefficient (Wildman–Crippen LogP) is 2.23. The van der Waals surface area contributed by atoms with Gasteiger partial charge < -0.3 is 5.32 Å². The van der Waals surface area contributed by atoms with Gasteiger partial charge >= 0.3 is 0 Å². The maximum Gasteiger partial charge on any atom is 0.124 e. The molecule has 2 aromatic rings. The minimum atomic E-state index is -0.189. The molecule has 1 fully saturated rings. The van der Waals surface area contributed by atoms with Crippen molar-refractivity contribution in [2.45, 2.75) is 19.0 Å². The van der Waals surface area contributed by atoms with Crippen molar-refractivity contribution >= 4 is 21.6 Å². The molecule has 18 heavy (non-hydrogen) atoms. The highest BCUT2D eigenvalue weighted by molar-refractivity contribution is 7.18. The van der Waals surface area contributed by atoms with Gasteiger partial charge in [-0.25, -0.2) is 9.37 Å². The zero-order valence-electron chi connectivity index (χ0n) is 10.3. The Morgan fingerprint density at radius 1 is 1.56 bits per heavy atom. The summed E-state index contributed by atoms with van der Waals surface area (Å²) < 4.78 is 14.0. The Balaban J connectivity index is 1.77. The first-order valence-electron chi connectivity index (χ1n) is 6.18. The molecule has 1 aliphatic heterocycles. The lowest BCUT2D eigenvalue weighted by Gasteiger charge is -2.21. The van der Waals surface area contributed by atoms with Gasteiger partial charge in [0.05, 0.1) is 16.8 Å². The van der Waals surface area contributed by atoms with Crippen LogP contribution in [0.3, 0.4) is 0 Å². The SMILES string of the molecule is CN(Cc1nc2ccc(F)cc2s1)C1CCNC1. The molecule has 96 valence electrons. The lowest BCUT2D eigenvalue weighted by Crippen LogP contribution is -2.32. The number of likely N-dealkylation sites (N-methyl/N-ethyl adjacent to an activating group) is 1. The number of thiazole rings is 1. The summed E-state index contributed by atoms with van der Waals surface area (Å²) in [6.45, 7) is 2.99. The molecule has 1 unspecified atom stereocenters. The molecule has 1 saturated heterocycles. The van der Waals surface area contributed by atoms with Crippen LogP contribution in [0.1, 0.15) is 11.4 Å². The van der Waals surface area contributed by atoms with Crippen LogP contribution in [0.25, 0.3) is 10.2 Å². The van der Waals surface area contributed by atoms with E-state index in [0.717, 1.165) is 34.9 Å². The van der Waals surface area contributed by atoms with Crippen LogP contribution in [0.5, 0.6) is 0 Å². The molecule has 0 spiro atoms. The van der Waals surface area contributed by atoms with Crippen LogP contribution in [-0.2, 0) is 6.54 Å². The largest absolute Gasteiger partial charge is 0.315 e. The normalized spacial score (nSPS) is 20.1. The average molecular weight is 265 g/mol. The Morgan fingerprint density at radius 2 is 2.44 bits per heavy atom. The topological polar surface area (TPSA) is 28.2 Å². The number of aromatic nitrogens is 1. The van der Waals surface area contributed by atoms with Crippen LogP contribution < -0.4 is 5.32 Å². The molecule has 0 radical (unpaired) electrons. The smallest absolute Gasteiger partial charge is 0.124 e. The molecule has 1 aliphatic rings. The van der Waals surface area contributed by atoms with Gasteiger partial charge in [-0.3, -0.25) is 4.90 Å². The van der Waals surface area contributed by atoms with Gasteiger partial charge in [0.2, 0.25) is 0 Å². The van der Waals surface area contributed by atoms with Gasteiger partial charge in [-0.15, -0.1) is 11.3 Å². The van der Waals surface area contributed by atoms with Crippen LogP contribution in [-0.4, -0.2) is 36.1 Å². The van der Waals surface area contributed by atoms with Gasteiger partial charge in [0.25, 0.3) is 0 Å². The lowest BCUT2D eigenvalue weighted by atomic mass is 10.2. The minimum absolute atomic E-state index is 0.189. The Bertz CT molecular complexity index is 548. The Labute approximate surface area is 110 Å². The number of rotatable bonds is 3. The number of hydrogen-bond donors (Lipinski definition) is 1. The van der Waals surface area contributed by atoms with Crippen molar-refractivity contribution in [1.82, 2.24) is 15.2 Å². The third-order valence-electron chi connectivity index (χ3n) is 3.44. The molecule has 2 heterocycles. The molecule has 1 N–H and O–H groups in total. The van der Waals surface area contributed by atoms with E-state index in [4.69, 9.17) is 0 Å². The van der Waals surface area contributed by atoms with E-state index < -0.39 is 0 Å². The molecule has 0 aliphatic carbocycles. The van der Waals surface area contributed by atoms with E-state index in [1.54, 1.807) is 23.5 Å². The fourth-order valence-electron chi connectivity index (χ4n) is 2.37. The zero-order valence-corrected chi connectivity index (χ0v) is 11.1. The second-order valence-electron chi connectivity index (χ2n) is 4.78. The second kappa shape index (κ2) is 4.91. The maximum absolute atomic E-state index is 13.1. The van der Waals surface area contributed by atoms with Crippen molar-refractivity contribution < 1.29 is 4.39 Å². The standard InChI is InChI=1S/C13H16FN3S/c1-17(10-4-5-15-7-10)8-13-16-11-3-2-9(14)6-12(11)18-13/h2-3,6,10,15H,4-5,7-8H2,1H3. The molecule has 1 atom stereocenters. The Morgan fingerprint density at radius 3 is 3.22 bits per heavy atom. The summed E-state index contributed by atoms with van der Waals surface area (Å²) in [6.07, 6.45) is 1.19. The van der Waals surface area contributed by atoms with Gasteiger partial charge in [-0.05, 0) is 38.2 Å². The van der Waals surface area contributed by atoms with Crippen LogP contribution in [0.2, 0.25) is 0 Å². The highest BCUT2D eigenvalue weighted by atomic mass is 32.1. The van der Waals surface area contributed by atoms with Gasteiger partial charge in [0.15, 0.2) is 0 Å². The first-order valence-corrected chi connectivity index (χ1v) is 7.00. The number of fused-ring (bicyclic) bond motifs is 1.